The lowest BCUT2D eigenvalue weighted by Gasteiger charge is -2.23. The Bertz CT molecular complexity index is 419. The fourth-order valence-electron chi connectivity index (χ4n) is 1.89. The van der Waals surface area contributed by atoms with Crippen molar-refractivity contribution in [2.24, 2.45) is 0 Å². The van der Waals surface area contributed by atoms with Gasteiger partial charge in [-0.25, -0.2) is 4.79 Å². The second-order valence-electron chi connectivity index (χ2n) is 4.09. The van der Waals surface area contributed by atoms with E-state index >= 15 is 0 Å². The van der Waals surface area contributed by atoms with Gasteiger partial charge in [0.15, 0.2) is 0 Å². The molecule has 5 heteroatoms. The zero-order valence-corrected chi connectivity index (χ0v) is 11.7. The Morgan fingerprint density at radius 3 is 2.94 bits per heavy atom. The summed E-state index contributed by atoms with van der Waals surface area (Å²) in [6.45, 7) is 0. The maximum absolute atomic E-state index is 10.9. The lowest BCUT2D eigenvalue weighted by atomic mass is 10.1. The largest absolute Gasteiger partial charge is 0.478 e. The average Bonchev–Trinajstić information content (AvgIpc) is 2.29. The van der Waals surface area contributed by atoms with Crippen molar-refractivity contribution >= 4 is 39.3 Å². The molecule has 1 atom stereocenters. The van der Waals surface area contributed by atoms with Gasteiger partial charge in [-0.05, 0) is 36.8 Å². The Hall–Kier alpha value is -0.680. The van der Waals surface area contributed by atoms with Gasteiger partial charge in [0.1, 0.15) is 0 Å². The molecule has 2 rings (SSSR count). The van der Waals surface area contributed by atoms with Gasteiger partial charge in [-0.2, -0.15) is 11.8 Å². The molecule has 0 aliphatic carbocycles. The SMILES string of the molecule is O=C(O)c1cc(Br)cc(NC2CCCSC2)c1. The number of nitrogens with one attached hydrogen (secondary N) is 1. The quantitative estimate of drug-likeness (QED) is 0.897. The average molecular weight is 316 g/mol. The Morgan fingerprint density at radius 1 is 1.47 bits per heavy atom. The highest BCUT2D eigenvalue weighted by Gasteiger charge is 2.14. The number of carboxylic acid groups (broad SMARTS) is 1. The van der Waals surface area contributed by atoms with E-state index in [0.717, 1.165) is 22.3 Å². The minimum Gasteiger partial charge on any atom is -0.478 e. The second-order valence-corrected chi connectivity index (χ2v) is 6.16. The summed E-state index contributed by atoms with van der Waals surface area (Å²) in [5.74, 6) is 1.43. The van der Waals surface area contributed by atoms with Crippen molar-refractivity contribution in [3.63, 3.8) is 0 Å². The molecule has 1 aliphatic heterocycles. The molecule has 1 aromatic rings. The number of benzene rings is 1. The van der Waals surface area contributed by atoms with Gasteiger partial charge in [-0.3, -0.25) is 0 Å². The highest BCUT2D eigenvalue weighted by molar-refractivity contribution is 9.10. The third kappa shape index (κ3) is 3.64. The maximum atomic E-state index is 10.9. The zero-order chi connectivity index (χ0) is 12.3. The van der Waals surface area contributed by atoms with E-state index in [1.165, 1.54) is 12.2 Å². The van der Waals surface area contributed by atoms with E-state index < -0.39 is 5.97 Å². The summed E-state index contributed by atoms with van der Waals surface area (Å²) in [6.07, 6.45) is 2.38. The van der Waals surface area contributed by atoms with Crippen molar-refractivity contribution in [1.29, 1.82) is 0 Å². The summed E-state index contributed by atoms with van der Waals surface area (Å²) < 4.78 is 0.795. The van der Waals surface area contributed by atoms with Gasteiger partial charge in [0.25, 0.3) is 0 Å². The summed E-state index contributed by atoms with van der Waals surface area (Å²) in [7, 11) is 0. The molecule has 0 saturated carbocycles. The van der Waals surface area contributed by atoms with Gasteiger partial charge in [0.2, 0.25) is 0 Å². The molecular formula is C12H14BrNO2S. The van der Waals surface area contributed by atoms with Crippen LogP contribution in [0, 0.1) is 0 Å². The van der Waals surface area contributed by atoms with Crippen molar-refractivity contribution in [3.8, 4) is 0 Å². The van der Waals surface area contributed by atoms with E-state index in [9.17, 15) is 4.79 Å². The minimum absolute atomic E-state index is 0.310. The predicted molar refractivity (Wildman–Crippen MR) is 75.1 cm³/mol. The van der Waals surface area contributed by atoms with E-state index in [-0.39, 0.29) is 0 Å². The fourth-order valence-corrected chi connectivity index (χ4v) is 3.45. The van der Waals surface area contributed by atoms with Crippen LogP contribution >= 0.6 is 27.7 Å². The topological polar surface area (TPSA) is 49.3 Å². The highest BCUT2D eigenvalue weighted by atomic mass is 79.9. The van der Waals surface area contributed by atoms with Crippen molar-refractivity contribution in [2.45, 2.75) is 18.9 Å². The number of carbonyl (C=O) groups is 1. The molecule has 0 radical (unpaired) electrons. The van der Waals surface area contributed by atoms with Crippen LogP contribution in [0.5, 0.6) is 0 Å². The van der Waals surface area contributed by atoms with Gasteiger partial charge < -0.3 is 10.4 Å². The van der Waals surface area contributed by atoms with Crippen LogP contribution in [-0.4, -0.2) is 28.6 Å². The maximum Gasteiger partial charge on any atom is 0.335 e. The number of anilines is 1. The second kappa shape index (κ2) is 5.78. The van der Waals surface area contributed by atoms with E-state index in [0.29, 0.717) is 11.6 Å². The van der Waals surface area contributed by atoms with Crippen LogP contribution in [0.1, 0.15) is 23.2 Å². The third-order valence-electron chi connectivity index (χ3n) is 2.68. The number of thioether (sulfide) groups is 1. The Kier molecular flexibility index (Phi) is 4.34. The first-order chi connectivity index (χ1) is 8.15. The highest BCUT2D eigenvalue weighted by Crippen LogP contribution is 2.24. The van der Waals surface area contributed by atoms with Crippen LogP contribution in [0.25, 0.3) is 0 Å². The van der Waals surface area contributed by atoms with Crippen LogP contribution in [0.4, 0.5) is 5.69 Å². The monoisotopic (exact) mass is 315 g/mol. The van der Waals surface area contributed by atoms with Crippen molar-refractivity contribution in [1.82, 2.24) is 0 Å². The zero-order valence-electron chi connectivity index (χ0n) is 9.28. The summed E-state index contributed by atoms with van der Waals surface area (Å²) in [5, 5.41) is 12.4. The number of hydrogen-bond donors (Lipinski definition) is 2. The molecule has 1 saturated heterocycles. The number of hydrogen-bond acceptors (Lipinski definition) is 3. The molecule has 0 amide bonds. The molecule has 0 aromatic heterocycles. The van der Waals surface area contributed by atoms with Crippen LogP contribution in [0.3, 0.4) is 0 Å². The molecular weight excluding hydrogens is 302 g/mol. The first-order valence-corrected chi connectivity index (χ1v) is 7.48. The Morgan fingerprint density at radius 2 is 2.29 bits per heavy atom. The van der Waals surface area contributed by atoms with Crippen LogP contribution in [0.2, 0.25) is 0 Å². The summed E-state index contributed by atoms with van der Waals surface area (Å²) in [6, 6.07) is 5.67. The standard InChI is InChI=1S/C12H14BrNO2S/c13-9-4-8(12(15)16)5-11(6-9)14-10-2-1-3-17-7-10/h4-6,10,14H,1-3,7H2,(H,15,16). The van der Waals surface area contributed by atoms with Gasteiger partial charge in [-0.15, -0.1) is 0 Å². The number of carboxylic acids is 1. The van der Waals surface area contributed by atoms with E-state index in [1.54, 1.807) is 12.1 Å². The molecule has 1 unspecified atom stereocenters. The molecule has 0 spiro atoms. The summed E-state index contributed by atoms with van der Waals surface area (Å²) in [4.78, 5) is 10.9. The molecule has 17 heavy (non-hydrogen) atoms. The Balaban J connectivity index is 2.11. The third-order valence-corrected chi connectivity index (χ3v) is 4.35. The molecule has 1 aliphatic rings. The van der Waals surface area contributed by atoms with E-state index in [1.807, 2.05) is 17.8 Å². The summed E-state index contributed by atoms with van der Waals surface area (Å²) >= 11 is 5.28. The molecule has 1 fully saturated rings. The van der Waals surface area contributed by atoms with Gasteiger partial charge in [0, 0.05) is 22.0 Å². The van der Waals surface area contributed by atoms with Crippen molar-refractivity contribution in [2.75, 3.05) is 16.8 Å². The lowest BCUT2D eigenvalue weighted by molar-refractivity contribution is 0.0697. The number of rotatable bonds is 3. The molecule has 3 nitrogen and oxygen atoms in total. The van der Waals surface area contributed by atoms with Gasteiger partial charge >= 0.3 is 5.97 Å². The van der Waals surface area contributed by atoms with Gasteiger partial charge in [-0.1, -0.05) is 15.9 Å². The molecule has 92 valence electrons. The molecule has 1 aromatic carbocycles. The molecule has 0 bridgehead atoms. The van der Waals surface area contributed by atoms with Crippen LogP contribution in [0.15, 0.2) is 22.7 Å². The number of aromatic carboxylic acids is 1. The van der Waals surface area contributed by atoms with E-state index in [4.69, 9.17) is 5.11 Å². The number of halogens is 1. The minimum atomic E-state index is -0.896. The van der Waals surface area contributed by atoms with Crippen molar-refractivity contribution < 1.29 is 9.90 Å². The molecule has 1 heterocycles. The first kappa shape index (κ1) is 12.8. The Labute approximate surface area is 113 Å². The normalized spacial score (nSPS) is 19.9. The summed E-state index contributed by atoms with van der Waals surface area (Å²) in [5.41, 5.74) is 1.19. The predicted octanol–water partition coefficient (Wildman–Crippen LogP) is 3.45. The first-order valence-electron chi connectivity index (χ1n) is 5.53. The van der Waals surface area contributed by atoms with E-state index in [2.05, 4.69) is 21.2 Å². The van der Waals surface area contributed by atoms with Crippen LogP contribution < -0.4 is 5.32 Å². The van der Waals surface area contributed by atoms with Gasteiger partial charge in [0.05, 0.1) is 5.56 Å². The smallest absolute Gasteiger partial charge is 0.335 e. The van der Waals surface area contributed by atoms with Crippen molar-refractivity contribution in [3.05, 3.63) is 28.2 Å². The fraction of sp³-hybridized carbons (Fsp3) is 0.417. The molecule has 2 N–H and O–H groups in total. The lowest BCUT2D eigenvalue weighted by Crippen LogP contribution is -2.25. The van der Waals surface area contributed by atoms with Crippen LogP contribution in [-0.2, 0) is 0 Å².